The highest BCUT2D eigenvalue weighted by Gasteiger charge is 2.10. The predicted octanol–water partition coefficient (Wildman–Crippen LogP) is 3.26. The van der Waals surface area contributed by atoms with E-state index in [0.29, 0.717) is 11.3 Å². The standard InChI is InChI=1S/C25H21N7O2/c1-2-31-22-6-4-3-5-20(22)21-15-17(7-13-23(21)31)8-14-24(33)27-28-25(34)18-9-11-19(12-10-18)32-16-26-29-30-32/h3-16H,2H2,1H3,(H,27,33)(H,28,34)/b14-8+. The molecule has 2 N–H and O–H groups in total. The van der Waals surface area contributed by atoms with Crippen LogP contribution in [0.4, 0.5) is 0 Å². The molecule has 0 fully saturated rings. The molecular formula is C25H21N7O2. The number of tetrazole rings is 1. The molecule has 9 nitrogen and oxygen atoms in total. The molecule has 34 heavy (non-hydrogen) atoms. The van der Waals surface area contributed by atoms with Gasteiger partial charge in [0.15, 0.2) is 0 Å². The molecule has 0 bridgehead atoms. The third-order valence-corrected chi connectivity index (χ3v) is 5.58. The van der Waals surface area contributed by atoms with Gasteiger partial charge in [0.1, 0.15) is 6.33 Å². The zero-order valence-electron chi connectivity index (χ0n) is 18.3. The lowest BCUT2D eigenvalue weighted by atomic mass is 10.1. The first-order valence-corrected chi connectivity index (χ1v) is 10.8. The van der Waals surface area contributed by atoms with Crippen molar-refractivity contribution >= 4 is 39.7 Å². The zero-order chi connectivity index (χ0) is 23.5. The fourth-order valence-electron chi connectivity index (χ4n) is 3.96. The number of carbonyl (C=O) groups is 2. The summed E-state index contributed by atoms with van der Waals surface area (Å²) < 4.78 is 3.75. The van der Waals surface area contributed by atoms with Gasteiger partial charge in [0.25, 0.3) is 11.8 Å². The van der Waals surface area contributed by atoms with Crippen LogP contribution in [0.2, 0.25) is 0 Å². The molecule has 0 aliphatic heterocycles. The lowest BCUT2D eigenvalue weighted by Crippen LogP contribution is -2.40. The minimum absolute atomic E-state index is 0.388. The summed E-state index contributed by atoms with van der Waals surface area (Å²) in [6.45, 7) is 3.00. The SMILES string of the molecule is CCn1c2ccccc2c2cc(/C=C/C(=O)NNC(=O)c3ccc(-n4cnnn4)cc3)ccc21. The van der Waals surface area contributed by atoms with Crippen LogP contribution in [0, 0.1) is 0 Å². The summed E-state index contributed by atoms with van der Waals surface area (Å²) in [4.78, 5) is 24.6. The molecule has 0 saturated heterocycles. The highest BCUT2D eigenvalue weighted by Crippen LogP contribution is 2.29. The number of benzene rings is 3. The third-order valence-electron chi connectivity index (χ3n) is 5.58. The topological polar surface area (TPSA) is 107 Å². The molecule has 2 heterocycles. The molecule has 0 aliphatic carbocycles. The number of hydrogen-bond acceptors (Lipinski definition) is 5. The van der Waals surface area contributed by atoms with Crippen molar-refractivity contribution in [3.63, 3.8) is 0 Å². The molecule has 5 aromatic rings. The van der Waals surface area contributed by atoms with Crippen LogP contribution >= 0.6 is 0 Å². The molecule has 168 valence electrons. The second-order valence-electron chi connectivity index (χ2n) is 7.62. The van der Waals surface area contributed by atoms with Gasteiger partial charge < -0.3 is 4.57 Å². The number of fused-ring (bicyclic) bond motifs is 3. The number of nitrogens with zero attached hydrogens (tertiary/aromatic N) is 5. The van der Waals surface area contributed by atoms with Crippen LogP contribution in [0.5, 0.6) is 0 Å². The molecule has 2 amide bonds. The van der Waals surface area contributed by atoms with Crippen molar-refractivity contribution in [2.45, 2.75) is 13.5 Å². The van der Waals surface area contributed by atoms with Crippen LogP contribution in [0.25, 0.3) is 33.6 Å². The van der Waals surface area contributed by atoms with E-state index < -0.39 is 11.8 Å². The van der Waals surface area contributed by atoms with Crippen LogP contribution in [-0.4, -0.2) is 36.6 Å². The van der Waals surface area contributed by atoms with E-state index in [1.807, 2.05) is 18.2 Å². The van der Waals surface area contributed by atoms with Gasteiger partial charge in [0, 0.05) is 40.0 Å². The van der Waals surface area contributed by atoms with Crippen molar-refractivity contribution < 1.29 is 9.59 Å². The number of amides is 2. The first kappa shape index (κ1) is 21.1. The van der Waals surface area contributed by atoms with Crippen molar-refractivity contribution in [3.8, 4) is 5.69 Å². The van der Waals surface area contributed by atoms with Crippen LogP contribution in [0.1, 0.15) is 22.8 Å². The van der Waals surface area contributed by atoms with Gasteiger partial charge in [-0.05, 0) is 71.5 Å². The maximum atomic E-state index is 12.3. The van der Waals surface area contributed by atoms with E-state index in [4.69, 9.17) is 0 Å². The summed E-state index contributed by atoms with van der Waals surface area (Å²) in [7, 11) is 0. The van der Waals surface area contributed by atoms with Crippen LogP contribution in [-0.2, 0) is 11.3 Å². The van der Waals surface area contributed by atoms with E-state index in [2.05, 4.69) is 62.1 Å². The highest BCUT2D eigenvalue weighted by atomic mass is 16.2. The lowest BCUT2D eigenvalue weighted by molar-refractivity contribution is -0.117. The second kappa shape index (κ2) is 8.99. The summed E-state index contributed by atoms with van der Waals surface area (Å²) in [5.41, 5.74) is 9.16. The summed E-state index contributed by atoms with van der Waals surface area (Å²) >= 11 is 0. The maximum absolute atomic E-state index is 12.3. The lowest BCUT2D eigenvalue weighted by Gasteiger charge is -2.06. The van der Waals surface area contributed by atoms with Gasteiger partial charge >= 0.3 is 0 Å². The summed E-state index contributed by atoms with van der Waals surface area (Å²) in [6, 6.07) is 21.1. The summed E-state index contributed by atoms with van der Waals surface area (Å²) in [5.74, 6) is -0.867. The average molecular weight is 451 g/mol. The average Bonchev–Trinajstić information content (AvgIpc) is 3.52. The predicted molar refractivity (Wildman–Crippen MR) is 129 cm³/mol. The number of hydrazine groups is 1. The molecule has 2 aromatic heterocycles. The quantitative estimate of drug-likeness (QED) is 0.315. The van der Waals surface area contributed by atoms with Gasteiger partial charge in [0.05, 0.1) is 5.69 Å². The number of rotatable bonds is 5. The normalized spacial score (nSPS) is 11.3. The molecule has 0 spiro atoms. The monoisotopic (exact) mass is 451 g/mol. The smallest absolute Gasteiger partial charge is 0.269 e. The zero-order valence-corrected chi connectivity index (χ0v) is 18.3. The summed E-state index contributed by atoms with van der Waals surface area (Å²) in [6.07, 6.45) is 4.57. The van der Waals surface area contributed by atoms with Gasteiger partial charge in [-0.15, -0.1) is 5.10 Å². The fourth-order valence-corrected chi connectivity index (χ4v) is 3.96. The number of aromatic nitrogens is 5. The molecule has 0 saturated carbocycles. The Bertz CT molecular complexity index is 1520. The Morgan fingerprint density at radius 2 is 1.74 bits per heavy atom. The Hall–Kier alpha value is -4.79. The molecule has 0 unspecified atom stereocenters. The minimum atomic E-state index is -0.435. The molecule has 3 aromatic carbocycles. The Morgan fingerprint density at radius 1 is 0.941 bits per heavy atom. The van der Waals surface area contributed by atoms with E-state index >= 15 is 0 Å². The number of carbonyl (C=O) groups excluding carboxylic acids is 2. The minimum Gasteiger partial charge on any atom is -0.341 e. The van der Waals surface area contributed by atoms with Gasteiger partial charge in [-0.2, -0.15) is 0 Å². The highest BCUT2D eigenvalue weighted by molar-refractivity contribution is 6.09. The van der Waals surface area contributed by atoms with E-state index in [-0.39, 0.29) is 0 Å². The molecule has 5 rings (SSSR count). The Morgan fingerprint density at radius 3 is 2.50 bits per heavy atom. The molecular weight excluding hydrogens is 430 g/mol. The Balaban J connectivity index is 1.24. The van der Waals surface area contributed by atoms with Crippen molar-refractivity contribution in [3.05, 3.63) is 90.3 Å². The number of aryl methyl sites for hydroxylation is 1. The first-order chi connectivity index (χ1) is 16.6. The second-order valence-corrected chi connectivity index (χ2v) is 7.62. The van der Waals surface area contributed by atoms with Gasteiger partial charge in [-0.3, -0.25) is 20.4 Å². The van der Waals surface area contributed by atoms with Crippen LogP contribution in [0.15, 0.2) is 79.1 Å². The number of para-hydroxylation sites is 1. The fraction of sp³-hybridized carbons (Fsp3) is 0.0800. The number of hydrogen-bond donors (Lipinski definition) is 2. The summed E-state index contributed by atoms with van der Waals surface area (Å²) in [5, 5.41) is 13.3. The van der Waals surface area contributed by atoms with Gasteiger partial charge in [-0.25, -0.2) is 4.68 Å². The molecule has 9 heteroatoms. The maximum Gasteiger partial charge on any atom is 0.269 e. The molecule has 0 aliphatic rings. The molecule has 0 atom stereocenters. The van der Waals surface area contributed by atoms with Crippen LogP contribution in [0.3, 0.4) is 0 Å². The van der Waals surface area contributed by atoms with E-state index in [9.17, 15) is 9.59 Å². The molecule has 0 radical (unpaired) electrons. The van der Waals surface area contributed by atoms with E-state index in [1.54, 1.807) is 30.3 Å². The van der Waals surface area contributed by atoms with Gasteiger partial charge in [-0.1, -0.05) is 24.3 Å². The Labute approximate surface area is 194 Å². The van der Waals surface area contributed by atoms with Crippen molar-refractivity contribution in [2.75, 3.05) is 0 Å². The van der Waals surface area contributed by atoms with E-state index in [0.717, 1.165) is 23.0 Å². The first-order valence-electron chi connectivity index (χ1n) is 10.8. The van der Waals surface area contributed by atoms with E-state index in [1.165, 1.54) is 28.0 Å². The van der Waals surface area contributed by atoms with Gasteiger partial charge in [0.2, 0.25) is 0 Å². The Kier molecular flexibility index (Phi) is 5.57. The van der Waals surface area contributed by atoms with Crippen molar-refractivity contribution in [1.29, 1.82) is 0 Å². The third kappa shape index (κ3) is 4.02. The van der Waals surface area contributed by atoms with Crippen molar-refractivity contribution in [2.24, 2.45) is 0 Å². The van der Waals surface area contributed by atoms with Crippen LogP contribution < -0.4 is 10.9 Å². The largest absolute Gasteiger partial charge is 0.341 e. The number of nitrogens with one attached hydrogen (secondary N) is 2. The van der Waals surface area contributed by atoms with Crippen molar-refractivity contribution in [1.82, 2.24) is 35.6 Å².